The number of sulfonamides is 1. The lowest BCUT2D eigenvalue weighted by atomic mass is 10.1. The van der Waals surface area contributed by atoms with Gasteiger partial charge in [0.2, 0.25) is 16.8 Å². The number of carbonyl (C=O) groups excluding carboxylic acids is 2. The van der Waals surface area contributed by atoms with Crippen LogP contribution in [0, 0.1) is 0 Å². The summed E-state index contributed by atoms with van der Waals surface area (Å²) in [5, 5.41) is 5.66. The molecule has 0 spiro atoms. The van der Waals surface area contributed by atoms with Gasteiger partial charge in [0.15, 0.2) is 11.5 Å². The molecule has 1 aliphatic rings. The first-order valence-electron chi connectivity index (χ1n) is 10.4. The lowest BCUT2D eigenvalue weighted by Crippen LogP contribution is -2.24. The minimum Gasteiger partial charge on any atom is -0.454 e. The normalized spacial score (nSPS) is 12.4. The zero-order chi connectivity index (χ0) is 24.1. The van der Waals surface area contributed by atoms with Gasteiger partial charge in [-0.3, -0.25) is 9.59 Å². The average Bonchev–Trinajstić information content (AvgIpc) is 3.46. The molecule has 1 aromatic heterocycles. The molecule has 3 N–H and O–H groups in total. The quantitative estimate of drug-likeness (QED) is 0.414. The monoisotopic (exact) mass is 501 g/mol. The zero-order valence-electron chi connectivity index (χ0n) is 18.3. The van der Waals surface area contributed by atoms with Gasteiger partial charge in [0.05, 0.1) is 22.4 Å². The largest absolute Gasteiger partial charge is 0.454 e. The van der Waals surface area contributed by atoms with Gasteiger partial charge in [-0.15, -0.1) is 11.3 Å². The van der Waals surface area contributed by atoms with E-state index in [1.165, 1.54) is 11.3 Å². The summed E-state index contributed by atoms with van der Waals surface area (Å²) in [4.78, 5) is 26.9. The molecular formula is C23H23N3O6S2. The number of anilines is 1. The van der Waals surface area contributed by atoms with Gasteiger partial charge < -0.3 is 20.1 Å². The second-order valence-corrected chi connectivity index (χ2v) is 10.6. The van der Waals surface area contributed by atoms with Crippen molar-refractivity contribution in [2.45, 2.75) is 13.0 Å². The number of ether oxygens (including phenoxy) is 2. The third kappa shape index (κ3) is 6.13. The first-order valence-corrected chi connectivity index (χ1v) is 13.1. The molecule has 0 atom stereocenters. The van der Waals surface area contributed by atoms with Crippen molar-refractivity contribution in [2.24, 2.45) is 0 Å². The molecule has 2 amide bonds. The smallest absolute Gasteiger partial charge is 0.265 e. The van der Waals surface area contributed by atoms with Crippen LogP contribution >= 0.6 is 11.3 Å². The van der Waals surface area contributed by atoms with Crippen molar-refractivity contribution >= 4 is 38.9 Å². The van der Waals surface area contributed by atoms with Crippen LogP contribution in [0.2, 0.25) is 0 Å². The highest BCUT2D eigenvalue weighted by Gasteiger charge is 2.17. The van der Waals surface area contributed by atoms with E-state index in [0.717, 1.165) is 16.7 Å². The molecule has 2 heterocycles. The van der Waals surface area contributed by atoms with Gasteiger partial charge in [-0.05, 0) is 48.4 Å². The molecule has 2 aromatic carbocycles. The van der Waals surface area contributed by atoms with Gasteiger partial charge in [-0.1, -0.05) is 18.2 Å². The van der Waals surface area contributed by atoms with Crippen molar-refractivity contribution in [1.82, 2.24) is 10.0 Å². The Morgan fingerprint density at radius 1 is 1.00 bits per heavy atom. The number of rotatable bonds is 9. The van der Waals surface area contributed by atoms with Crippen LogP contribution in [0.5, 0.6) is 11.5 Å². The Labute approximate surface area is 201 Å². The summed E-state index contributed by atoms with van der Waals surface area (Å²) in [6.07, 6.45) is 1.58. The topological polar surface area (TPSA) is 123 Å². The Balaban J connectivity index is 1.37. The Hall–Kier alpha value is -3.41. The summed E-state index contributed by atoms with van der Waals surface area (Å²) < 4.78 is 35.4. The van der Waals surface area contributed by atoms with Crippen LogP contribution in [0.1, 0.15) is 30.5 Å². The molecule has 0 fully saturated rings. The summed E-state index contributed by atoms with van der Waals surface area (Å²) in [5.41, 5.74) is 1.59. The minimum atomic E-state index is -3.26. The van der Waals surface area contributed by atoms with Crippen LogP contribution in [0.25, 0.3) is 0 Å². The molecule has 1 aliphatic heterocycles. The summed E-state index contributed by atoms with van der Waals surface area (Å²) in [6.45, 7) is 0.724. The average molecular weight is 502 g/mol. The summed E-state index contributed by atoms with van der Waals surface area (Å²) in [6, 6.07) is 15.7. The van der Waals surface area contributed by atoms with Crippen molar-refractivity contribution in [1.29, 1.82) is 0 Å². The highest BCUT2D eigenvalue weighted by molar-refractivity contribution is 7.88. The molecule has 0 saturated heterocycles. The van der Waals surface area contributed by atoms with E-state index in [0.29, 0.717) is 34.0 Å². The number of hydrogen-bond acceptors (Lipinski definition) is 7. The standard InChI is InChI=1S/C23H23N3O6S2/c1-34(29,30)25-11-10-16-7-9-21(33-16)23(28)26-18-5-3-2-4-17(18)22(27)24-13-15-6-8-19-20(12-15)32-14-31-19/h2-9,12,25H,10-11,13-14H2,1H3,(H,24,27)(H,26,28). The van der Waals surface area contributed by atoms with Crippen LogP contribution < -0.4 is 24.8 Å². The molecule has 11 heteroatoms. The highest BCUT2D eigenvalue weighted by Crippen LogP contribution is 2.32. The molecule has 4 rings (SSSR count). The second kappa shape index (κ2) is 10.2. The third-order valence-electron chi connectivity index (χ3n) is 4.93. The number of amides is 2. The number of fused-ring (bicyclic) bond motifs is 1. The van der Waals surface area contributed by atoms with Crippen molar-refractivity contribution in [3.05, 3.63) is 75.5 Å². The number of benzene rings is 2. The SMILES string of the molecule is CS(=O)(=O)NCCc1ccc(C(=O)Nc2ccccc2C(=O)NCc2ccc3c(c2)OCO3)s1. The molecule has 0 aliphatic carbocycles. The fourth-order valence-electron chi connectivity index (χ4n) is 3.30. The van der Waals surface area contributed by atoms with Crippen molar-refractivity contribution in [3.63, 3.8) is 0 Å². The van der Waals surface area contributed by atoms with Gasteiger partial charge in [-0.25, -0.2) is 13.1 Å². The molecule has 34 heavy (non-hydrogen) atoms. The van der Waals surface area contributed by atoms with E-state index in [-0.39, 0.29) is 31.7 Å². The minimum absolute atomic E-state index is 0.182. The van der Waals surface area contributed by atoms with E-state index < -0.39 is 10.0 Å². The van der Waals surface area contributed by atoms with Crippen LogP contribution in [-0.2, 0) is 23.0 Å². The maximum atomic E-state index is 12.8. The number of carbonyl (C=O) groups is 2. The maximum absolute atomic E-state index is 12.8. The van der Waals surface area contributed by atoms with Crippen molar-refractivity contribution in [3.8, 4) is 11.5 Å². The first kappa shape index (κ1) is 23.7. The summed E-state index contributed by atoms with van der Waals surface area (Å²) >= 11 is 1.27. The summed E-state index contributed by atoms with van der Waals surface area (Å²) in [7, 11) is -3.26. The molecule has 0 radical (unpaired) electrons. The van der Waals surface area contributed by atoms with Gasteiger partial charge in [0.1, 0.15) is 0 Å². The van der Waals surface area contributed by atoms with Crippen LogP contribution in [0.15, 0.2) is 54.6 Å². The lowest BCUT2D eigenvalue weighted by Gasteiger charge is -2.11. The van der Waals surface area contributed by atoms with Crippen molar-refractivity contribution < 1.29 is 27.5 Å². The van der Waals surface area contributed by atoms with E-state index in [9.17, 15) is 18.0 Å². The Morgan fingerprint density at radius 2 is 1.79 bits per heavy atom. The van der Waals surface area contributed by atoms with Gasteiger partial charge >= 0.3 is 0 Å². The van der Waals surface area contributed by atoms with E-state index in [1.807, 2.05) is 12.1 Å². The van der Waals surface area contributed by atoms with E-state index in [2.05, 4.69) is 15.4 Å². The number of hydrogen-bond donors (Lipinski definition) is 3. The number of para-hydroxylation sites is 1. The van der Waals surface area contributed by atoms with Gasteiger partial charge in [0.25, 0.3) is 11.8 Å². The number of nitrogens with one attached hydrogen (secondary N) is 3. The molecule has 0 unspecified atom stereocenters. The second-order valence-electron chi connectivity index (χ2n) is 7.55. The maximum Gasteiger partial charge on any atom is 0.265 e. The first-order chi connectivity index (χ1) is 16.3. The van der Waals surface area contributed by atoms with Gasteiger partial charge in [-0.2, -0.15) is 0 Å². The van der Waals surface area contributed by atoms with Crippen LogP contribution in [0.4, 0.5) is 5.69 Å². The van der Waals surface area contributed by atoms with Crippen molar-refractivity contribution in [2.75, 3.05) is 24.9 Å². The predicted molar refractivity (Wildman–Crippen MR) is 129 cm³/mol. The molecular weight excluding hydrogens is 478 g/mol. The fourth-order valence-corrected chi connectivity index (χ4v) is 4.67. The van der Waals surface area contributed by atoms with Gasteiger partial charge in [0, 0.05) is 18.0 Å². The van der Waals surface area contributed by atoms with Crippen LogP contribution in [-0.4, -0.2) is 39.8 Å². The Bertz CT molecular complexity index is 1320. The van der Waals surface area contributed by atoms with E-state index in [4.69, 9.17) is 9.47 Å². The van der Waals surface area contributed by atoms with E-state index >= 15 is 0 Å². The molecule has 3 aromatic rings. The number of thiophene rings is 1. The predicted octanol–water partition coefficient (Wildman–Crippen LogP) is 2.75. The zero-order valence-corrected chi connectivity index (χ0v) is 19.9. The Kier molecular flexibility index (Phi) is 7.15. The molecule has 0 bridgehead atoms. The fraction of sp³-hybridized carbons (Fsp3) is 0.217. The molecule has 9 nitrogen and oxygen atoms in total. The molecule has 178 valence electrons. The third-order valence-corrected chi connectivity index (χ3v) is 6.80. The van der Waals surface area contributed by atoms with Crippen LogP contribution in [0.3, 0.4) is 0 Å². The lowest BCUT2D eigenvalue weighted by molar-refractivity contribution is 0.0951. The molecule has 0 saturated carbocycles. The highest BCUT2D eigenvalue weighted by atomic mass is 32.2. The Morgan fingerprint density at radius 3 is 2.62 bits per heavy atom. The summed E-state index contributed by atoms with van der Waals surface area (Å²) in [5.74, 6) is 0.643. The van der Waals surface area contributed by atoms with E-state index in [1.54, 1.807) is 42.5 Å².